The SMILES string of the molecule is C[C@@H](c1ccccc1)N(C)C[C@H]1C[C@@H](c2ccc(CO)cc2)O[C@@H](c2cccc(-c3cccc(CN4C(=O)c5ccccc5C4=O)c3)c2)O1. The molecule has 1 saturated heterocycles. The van der Waals surface area contributed by atoms with Crippen molar-refractivity contribution < 1.29 is 24.2 Å². The molecule has 1 N–H and O–H groups in total. The van der Waals surface area contributed by atoms with Crippen LogP contribution >= 0.6 is 0 Å². The molecule has 2 aliphatic heterocycles. The predicted octanol–water partition coefficient (Wildman–Crippen LogP) is 7.88. The standard InChI is InChI=1S/C42H40N2O5/c1-28(31-11-4-3-5-12-31)43(2)26-36-24-39(32-20-18-29(27-45)19-21-32)49-42(48-36)35-15-9-14-34(23-35)33-13-8-10-30(22-33)25-44-40(46)37-16-6-7-17-38(37)41(44)47/h3-23,28,36,39,42,45H,24-27H2,1-2H3/t28-,36+,39-,42-/m0/s1. The van der Waals surface area contributed by atoms with Gasteiger partial charge >= 0.3 is 0 Å². The van der Waals surface area contributed by atoms with Gasteiger partial charge in [-0.25, -0.2) is 0 Å². The summed E-state index contributed by atoms with van der Waals surface area (Å²) in [6.45, 7) is 3.13. The zero-order valence-corrected chi connectivity index (χ0v) is 27.7. The molecule has 2 amide bonds. The molecule has 0 unspecified atom stereocenters. The fourth-order valence-electron chi connectivity index (χ4n) is 6.78. The van der Waals surface area contributed by atoms with E-state index in [-0.39, 0.29) is 43.2 Å². The van der Waals surface area contributed by atoms with Gasteiger partial charge in [-0.05, 0) is 71.6 Å². The van der Waals surface area contributed by atoms with E-state index in [1.165, 1.54) is 10.5 Å². The van der Waals surface area contributed by atoms with Crippen LogP contribution in [0.15, 0.2) is 127 Å². The van der Waals surface area contributed by atoms with Crippen molar-refractivity contribution in [2.24, 2.45) is 0 Å². The number of amides is 2. The number of nitrogens with zero attached hydrogens (tertiary/aromatic N) is 2. The van der Waals surface area contributed by atoms with Crippen molar-refractivity contribution in [2.75, 3.05) is 13.6 Å². The van der Waals surface area contributed by atoms with Crippen LogP contribution in [0.25, 0.3) is 11.1 Å². The highest BCUT2D eigenvalue weighted by Gasteiger charge is 2.36. The fourth-order valence-corrected chi connectivity index (χ4v) is 6.78. The van der Waals surface area contributed by atoms with Crippen molar-refractivity contribution in [1.82, 2.24) is 9.80 Å². The molecule has 1 fully saturated rings. The Morgan fingerprint density at radius 1 is 0.735 bits per heavy atom. The number of hydrogen-bond acceptors (Lipinski definition) is 6. The molecule has 2 aliphatic rings. The van der Waals surface area contributed by atoms with Crippen LogP contribution in [0.1, 0.15) is 80.3 Å². The second-order valence-corrected chi connectivity index (χ2v) is 12.9. The first-order chi connectivity index (χ1) is 23.9. The topological polar surface area (TPSA) is 79.3 Å². The minimum absolute atomic E-state index is 0.00533. The van der Waals surface area contributed by atoms with E-state index in [0.29, 0.717) is 17.5 Å². The van der Waals surface area contributed by atoms with Crippen molar-refractivity contribution in [2.45, 2.75) is 51.0 Å². The summed E-state index contributed by atoms with van der Waals surface area (Å²) < 4.78 is 13.4. The van der Waals surface area contributed by atoms with Gasteiger partial charge in [0.2, 0.25) is 0 Å². The molecule has 0 radical (unpaired) electrons. The highest BCUT2D eigenvalue weighted by Crippen LogP contribution is 2.39. The molecular weight excluding hydrogens is 612 g/mol. The normalized spacial score (nSPS) is 19.7. The van der Waals surface area contributed by atoms with E-state index in [1.807, 2.05) is 72.8 Å². The minimum Gasteiger partial charge on any atom is -0.392 e. The highest BCUT2D eigenvalue weighted by atomic mass is 16.7. The zero-order valence-electron chi connectivity index (χ0n) is 27.7. The smallest absolute Gasteiger partial charge is 0.261 e. The van der Waals surface area contributed by atoms with Crippen LogP contribution < -0.4 is 0 Å². The number of likely N-dealkylation sites (N-methyl/N-ethyl adjacent to an activating group) is 1. The van der Waals surface area contributed by atoms with Crippen LogP contribution in [0.2, 0.25) is 0 Å². The Morgan fingerprint density at radius 2 is 1.39 bits per heavy atom. The summed E-state index contributed by atoms with van der Waals surface area (Å²) in [4.78, 5) is 29.7. The second kappa shape index (κ2) is 14.3. The first-order valence-corrected chi connectivity index (χ1v) is 16.8. The molecular formula is C42H40N2O5. The lowest BCUT2D eigenvalue weighted by molar-refractivity contribution is -0.253. The lowest BCUT2D eigenvalue weighted by Crippen LogP contribution is -2.38. The van der Waals surface area contributed by atoms with Gasteiger partial charge in [-0.3, -0.25) is 19.4 Å². The molecule has 0 aromatic heterocycles. The fraction of sp³-hybridized carbons (Fsp3) is 0.238. The predicted molar refractivity (Wildman–Crippen MR) is 188 cm³/mol. The molecule has 49 heavy (non-hydrogen) atoms. The third-order valence-corrected chi connectivity index (χ3v) is 9.69. The highest BCUT2D eigenvalue weighted by molar-refractivity contribution is 6.21. The van der Waals surface area contributed by atoms with Gasteiger partial charge in [0.25, 0.3) is 11.8 Å². The summed E-state index contributed by atoms with van der Waals surface area (Å²) in [6.07, 6.45) is -0.184. The molecule has 0 spiro atoms. The molecule has 0 aliphatic carbocycles. The third-order valence-electron chi connectivity index (χ3n) is 9.69. The Kier molecular flexibility index (Phi) is 9.51. The number of imide groups is 1. The lowest BCUT2D eigenvalue weighted by atomic mass is 9.98. The summed E-state index contributed by atoms with van der Waals surface area (Å²) in [5, 5.41) is 9.60. The second-order valence-electron chi connectivity index (χ2n) is 12.9. The molecule has 4 atom stereocenters. The first-order valence-electron chi connectivity index (χ1n) is 16.8. The van der Waals surface area contributed by atoms with E-state index < -0.39 is 6.29 Å². The Labute approximate surface area is 287 Å². The van der Waals surface area contributed by atoms with Crippen LogP contribution in [0, 0.1) is 0 Å². The molecule has 0 bridgehead atoms. The van der Waals surface area contributed by atoms with Crippen LogP contribution in [0.3, 0.4) is 0 Å². The van der Waals surface area contributed by atoms with E-state index in [9.17, 15) is 14.7 Å². The number of benzene rings is 5. The molecule has 0 saturated carbocycles. The van der Waals surface area contributed by atoms with Crippen molar-refractivity contribution in [3.63, 3.8) is 0 Å². The number of carbonyl (C=O) groups is 2. The van der Waals surface area contributed by atoms with Gasteiger partial charge in [0.1, 0.15) is 0 Å². The number of carbonyl (C=O) groups excluding carboxylic acids is 2. The number of aliphatic hydroxyl groups excluding tert-OH is 1. The van der Waals surface area contributed by atoms with Crippen LogP contribution in [0.4, 0.5) is 0 Å². The number of ether oxygens (including phenoxy) is 2. The summed E-state index contributed by atoms with van der Waals surface area (Å²) >= 11 is 0. The van der Waals surface area contributed by atoms with E-state index >= 15 is 0 Å². The molecule has 2 heterocycles. The van der Waals surface area contributed by atoms with Crippen LogP contribution in [0.5, 0.6) is 0 Å². The molecule has 248 valence electrons. The van der Waals surface area contributed by atoms with Gasteiger partial charge < -0.3 is 14.6 Å². The van der Waals surface area contributed by atoms with Crippen LogP contribution in [-0.4, -0.2) is 46.4 Å². The van der Waals surface area contributed by atoms with Gasteiger partial charge in [0.05, 0.1) is 36.5 Å². The van der Waals surface area contributed by atoms with Gasteiger partial charge in [0, 0.05) is 24.6 Å². The molecule has 5 aromatic rings. The zero-order chi connectivity index (χ0) is 33.9. The number of rotatable bonds is 10. The number of hydrogen-bond donors (Lipinski definition) is 1. The van der Waals surface area contributed by atoms with Gasteiger partial charge in [-0.15, -0.1) is 0 Å². The summed E-state index contributed by atoms with van der Waals surface area (Å²) in [5.41, 5.74) is 7.78. The largest absolute Gasteiger partial charge is 0.392 e. The van der Waals surface area contributed by atoms with Crippen molar-refractivity contribution in [3.8, 4) is 11.1 Å². The average Bonchev–Trinajstić information content (AvgIpc) is 3.39. The number of fused-ring (bicyclic) bond motifs is 1. The molecule has 7 heteroatoms. The molecule has 7 nitrogen and oxygen atoms in total. The Balaban J connectivity index is 1.12. The maximum atomic E-state index is 13.0. The van der Waals surface area contributed by atoms with Gasteiger partial charge in [-0.2, -0.15) is 0 Å². The third kappa shape index (κ3) is 6.98. The minimum atomic E-state index is -0.594. The van der Waals surface area contributed by atoms with Crippen LogP contribution in [-0.2, 0) is 22.6 Å². The van der Waals surface area contributed by atoms with Gasteiger partial charge in [0.15, 0.2) is 6.29 Å². The maximum absolute atomic E-state index is 13.0. The monoisotopic (exact) mass is 652 g/mol. The van der Waals surface area contributed by atoms with Crippen molar-refractivity contribution in [3.05, 3.63) is 166 Å². The van der Waals surface area contributed by atoms with E-state index in [4.69, 9.17) is 9.47 Å². The number of aliphatic hydroxyl groups is 1. The van der Waals surface area contributed by atoms with E-state index in [1.54, 1.807) is 24.3 Å². The Bertz CT molecular complexity index is 1910. The Morgan fingerprint density at radius 3 is 2.08 bits per heavy atom. The summed E-state index contributed by atoms with van der Waals surface area (Å²) in [7, 11) is 2.13. The summed E-state index contributed by atoms with van der Waals surface area (Å²) in [5.74, 6) is -0.531. The maximum Gasteiger partial charge on any atom is 0.261 e. The lowest BCUT2D eigenvalue weighted by Gasteiger charge is -2.39. The first kappa shape index (κ1) is 32.6. The molecule has 7 rings (SSSR count). The molecule has 5 aromatic carbocycles. The summed E-state index contributed by atoms with van der Waals surface area (Å²) in [6, 6.07) is 41.7. The van der Waals surface area contributed by atoms with Gasteiger partial charge in [-0.1, -0.05) is 103 Å². The van der Waals surface area contributed by atoms with Crippen molar-refractivity contribution >= 4 is 11.8 Å². The van der Waals surface area contributed by atoms with E-state index in [0.717, 1.165) is 39.9 Å². The Hall–Kier alpha value is -4.92. The quantitative estimate of drug-likeness (QED) is 0.155. The average molecular weight is 653 g/mol. The van der Waals surface area contributed by atoms with Crippen molar-refractivity contribution in [1.29, 1.82) is 0 Å². The van der Waals surface area contributed by atoms with E-state index in [2.05, 4.69) is 49.2 Å².